The van der Waals surface area contributed by atoms with Crippen molar-refractivity contribution in [3.63, 3.8) is 0 Å². The number of benzene rings is 2. The molecule has 0 amide bonds. The topological polar surface area (TPSA) is 81.8 Å². The van der Waals surface area contributed by atoms with Crippen LogP contribution in [-0.2, 0) is 6.61 Å². The van der Waals surface area contributed by atoms with Crippen LogP contribution in [0.3, 0.4) is 0 Å². The lowest BCUT2D eigenvalue weighted by molar-refractivity contribution is 0.0697. The van der Waals surface area contributed by atoms with Gasteiger partial charge in [0.2, 0.25) is 0 Å². The highest BCUT2D eigenvalue weighted by molar-refractivity contribution is 9.10. The highest BCUT2D eigenvalue weighted by Gasteiger charge is 2.08. The molecule has 0 atom stereocenters. The number of carboxylic acid groups (broad SMARTS) is 1. The fraction of sp³-hybridized carbons (Fsp3) is 0.133. The summed E-state index contributed by atoms with van der Waals surface area (Å²) in [5.41, 5.74) is 7.14. The highest BCUT2D eigenvalue weighted by Crippen LogP contribution is 2.27. The molecule has 21 heavy (non-hydrogen) atoms. The molecule has 0 saturated heterocycles. The van der Waals surface area contributed by atoms with Crippen molar-refractivity contribution in [2.45, 2.75) is 6.61 Å². The second-order valence-corrected chi connectivity index (χ2v) is 5.17. The zero-order valence-electron chi connectivity index (χ0n) is 11.3. The predicted octanol–water partition coefficient (Wildman–Crippen LogP) is 3.32. The molecule has 2 aromatic rings. The van der Waals surface area contributed by atoms with Crippen molar-refractivity contribution >= 4 is 27.6 Å². The number of rotatable bonds is 5. The van der Waals surface area contributed by atoms with Crippen LogP contribution in [0.25, 0.3) is 0 Å². The van der Waals surface area contributed by atoms with E-state index in [1.807, 2.05) is 18.2 Å². The zero-order valence-corrected chi connectivity index (χ0v) is 12.9. The van der Waals surface area contributed by atoms with Gasteiger partial charge in [-0.3, -0.25) is 0 Å². The lowest BCUT2D eigenvalue weighted by Crippen LogP contribution is -2.02. The minimum Gasteiger partial charge on any atom is -0.496 e. The van der Waals surface area contributed by atoms with Gasteiger partial charge in [0, 0.05) is 0 Å². The average Bonchev–Trinajstić information content (AvgIpc) is 2.46. The van der Waals surface area contributed by atoms with E-state index in [2.05, 4.69) is 15.9 Å². The Bertz CT molecular complexity index is 673. The smallest absolute Gasteiger partial charge is 0.335 e. The van der Waals surface area contributed by atoms with E-state index in [1.54, 1.807) is 13.2 Å². The van der Waals surface area contributed by atoms with Crippen molar-refractivity contribution in [3.8, 4) is 11.5 Å². The lowest BCUT2D eigenvalue weighted by atomic mass is 10.2. The number of hydrogen-bond donors (Lipinski definition) is 2. The molecule has 0 bridgehead atoms. The number of nitrogen functional groups attached to an aromatic ring is 1. The zero-order chi connectivity index (χ0) is 15.4. The molecule has 0 unspecified atom stereocenters. The van der Waals surface area contributed by atoms with Gasteiger partial charge >= 0.3 is 5.97 Å². The number of aromatic carboxylic acids is 1. The molecule has 0 aromatic heterocycles. The Labute approximate surface area is 130 Å². The van der Waals surface area contributed by atoms with Gasteiger partial charge in [0.05, 0.1) is 22.8 Å². The first-order valence-electron chi connectivity index (χ1n) is 6.09. The summed E-state index contributed by atoms with van der Waals surface area (Å²) >= 11 is 3.40. The molecule has 0 saturated carbocycles. The summed E-state index contributed by atoms with van der Waals surface area (Å²) in [7, 11) is 1.60. The number of anilines is 1. The number of nitrogens with two attached hydrogens (primary N) is 1. The Kier molecular flexibility index (Phi) is 4.70. The quantitative estimate of drug-likeness (QED) is 0.807. The Balaban J connectivity index is 2.09. The maximum Gasteiger partial charge on any atom is 0.335 e. The summed E-state index contributed by atoms with van der Waals surface area (Å²) in [5, 5.41) is 8.87. The molecular weight excluding hydrogens is 338 g/mol. The van der Waals surface area contributed by atoms with E-state index in [-0.39, 0.29) is 5.56 Å². The third-order valence-corrected chi connectivity index (χ3v) is 3.49. The van der Waals surface area contributed by atoms with Crippen molar-refractivity contribution in [2.75, 3.05) is 12.8 Å². The molecule has 0 radical (unpaired) electrons. The van der Waals surface area contributed by atoms with Gasteiger partial charge in [-0.2, -0.15) is 0 Å². The van der Waals surface area contributed by atoms with Crippen molar-refractivity contribution in [1.82, 2.24) is 0 Å². The van der Waals surface area contributed by atoms with E-state index in [9.17, 15) is 4.79 Å². The fourth-order valence-electron chi connectivity index (χ4n) is 1.77. The van der Waals surface area contributed by atoms with E-state index >= 15 is 0 Å². The normalized spacial score (nSPS) is 10.2. The van der Waals surface area contributed by atoms with Crippen LogP contribution in [0.5, 0.6) is 11.5 Å². The van der Waals surface area contributed by atoms with Gasteiger partial charge in [-0.15, -0.1) is 0 Å². The summed E-state index contributed by atoms with van der Waals surface area (Å²) in [6, 6.07) is 9.99. The molecule has 0 heterocycles. The Morgan fingerprint density at radius 3 is 2.52 bits per heavy atom. The number of carbonyl (C=O) groups is 1. The van der Waals surface area contributed by atoms with Crippen molar-refractivity contribution < 1.29 is 19.4 Å². The minimum atomic E-state index is -1.02. The first-order valence-corrected chi connectivity index (χ1v) is 6.88. The molecular formula is C15H14BrNO4. The summed E-state index contributed by atoms with van der Waals surface area (Å²) in [6.07, 6.45) is 0. The van der Waals surface area contributed by atoms with Crippen LogP contribution in [0.4, 0.5) is 5.69 Å². The molecule has 0 aliphatic carbocycles. The van der Waals surface area contributed by atoms with Crippen molar-refractivity contribution in [1.29, 1.82) is 0 Å². The van der Waals surface area contributed by atoms with E-state index in [0.717, 1.165) is 15.8 Å². The molecule has 110 valence electrons. The van der Waals surface area contributed by atoms with E-state index in [4.69, 9.17) is 20.3 Å². The second-order valence-electron chi connectivity index (χ2n) is 4.32. The van der Waals surface area contributed by atoms with Crippen LogP contribution < -0.4 is 15.2 Å². The van der Waals surface area contributed by atoms with Crippen molar-refractivity contribution in [3.05, 3.63) is 52.0 Å². The Morgan fingerprint density at radius 2 is 1.95 bits per heavy atom. The monoisotopic (exact) mass is 351 g/mol. The molecule has 0 aliphatic heterocycles. The van der Waals surface area contributed by atoms with E-state index in [0.29, 0.717) is 18.0 Å². The number of carboxylic acids is 1. The predicted molar refractivity (Wildman–Crippen MR) is 82.8 cm³/mol. The maximum atomic E-state index is 10.8. The van der Waals surface area contributed by atoms with Gasteiger partial charge in [-0.1, -0.05) is 6.07 Å². The van der Waals surface area contributed by atoms with Crippen LogP contribution in [0.1, 0.15) is 15.9 Å². The minimum absolute atomic E-state index is 0.132. The van der Waals surface area contributed by atoms with Crippen LogP contribution in [0, 0.1) is 0 Å². The summed E-state index contributed by atoms with van der Waals surface area (Å²) < 4.78 is 11.6. The largest absolute Gasteiger partial charge is 0.496 e. The molecule has 2 aromatic carbocycles. The summed E-state index contributed by atoms with van der Waals surface area (Å²) in [4.78, 5) is 10.8. The molecule has 0 spiro atoms. The average molecular weight is 352 g/mol. The summed E-state index contributed by atoms with van der Waals surface area (Å²) in [6.45, 7) is 0.319. The standard InChI is InChI=1S/C15H14BrNO4/c1-20-13-4-2-9(6-11(13)16)8-21-14-5-3-10(15(18)19)7-12(14)17/h2-7H,8,17H2,1H3,(H,18,19). The van der Waals surface area contributed by atoms with Crippen LogP contribution in [0.2, 0.25) is 0 Å². The number of halogens is 1. The maximum absolute atomic E-state index is 10.8. The Hall–Kier alpha value is -2.21. The highest BCUT2D eigenvalue weighted by atomic mass is 79.9. The fourth-order valence-corrected chi connectivity index (χ4v) is 2.36. The van der Waals surface area contributed by atoms with Crippen LogP contribution in [-0.4, -0.2) is 18.2 Å². The van der Waals surface area contributed by atoms with Crippen LogP contribution >= 0.6 is 15.9 Å². The third kappa shape index (κ3) is 3.66. The van der Waals surface area contributed by atoms with Gasteiger partial charge in [0.25, 0.3) is 0 Å². The lowest BCUT2D eigenvalue weighted by Gasteiger charge is -2.11. The molecule has 5 nitrogen and oxygen atoms in total. The summed E-state index contributed by atoms with van der Waals surface area (Å²) in [5.74, 6) is 0.170. The number of methoxy groups -OCH3 is 1. The van der Waals surface area contributed by atoms with Crippen LogP contribution in [0.15, 0.2) is 40.9 Å². The second kappa shape index (κ2) is 6.49. The molecule has 0 fully saturated rings. The number of ether oxygens (including phenoxy) is 2. The molecule has 3 N–H and O–H groups in total. The molecule has 0 aliphatic rings. The van der Waals surface area contributed by atoms with Gasteiger partial charge in [0.1, 0.15) is 18.1 Å². The molecule has 6 heteroatoms. The van der Waals surface area contributed by atoms with E-state index in [1.165, 1.54) is 12.1 Å². The molecule has 2 rings (SSSR count). The van der Waals surface area contributed by atoms with E-state index < -0.39 is 5.97 Å². The van der Waals surface area contributed by atoms with Crippen molar-refractivity contribution in [2.24, 2.45) is 0 Å². The van der Waals surface area contributed by atoms with Gasteiger partial charge in [-0.25, -0.2) is 4.79 Å². The first-order chi connectivity index (χ1) is 10.0. The Morgan fingerprint density at radius 1 is 1.24 bits per heavy atom. The third-order valence-electron chi connectivity index (χ3n) is 2.87. The van der Waals surface area contributed by atoms with Gasteiger partial charge in [-0.05, 0) is 51.8 Å². The SMILES string of the molecule is COc1ccc(COc2ccc(C(=O)O)cc2N)cc1Br. The first kappa shape index (κ1) is 15.2. The number of hydrogen-bond acceptors (Lipinski definition) is 4. The van der Waals surface area contributed by atoms with Gasteiger partial charge < -0.3 is 20.3 Å². The van der Waals surface area contributed by atoms with Gasteiger partial charge in [0.15, 0.2) is 0 Å².